The molecule has 0 spiro atoms. The van der Waals surface area contributed by atoms with Crippen molar-refractivity contribution in [3.8, 4) is 0 Å². The molecule has 0 radical (unpaired) electrons. The Balaban J connectivity index is 2.47. The molecule has 0 saturated heterocycles. The van der Waals surface area contributed by atoms with E-state index in [1.807, 2.05) is 19.1 Å². The van der Waals surface area contributed by atoms with Crippen LogP contribution in [0.3, 0.4) is 0 Å². The summed E-state index contributed by atoms with van der Waals surface area (Å²) in [6.07, 6.45) is 1.03. The van der Waals surface area contributed by atoms with Crippen molar-refractivity contribution >= 4 is 10.9 Å². The lowest BCUT2D eigenvalue weighted by atomic mass is 10.0. The number of rotatable bonds is 3. The van der Waals surface area contributed by atoms with Gasteiger partial charge in [0, 0.05) is 17.1 Å². The minimum absolute atomic E-state index is 0.0752. The molecule has 1 aromatic heterocycles. The van der Waals surface area contributed by atoms with Crippen molar-refractivity contribution in [3.63, 3.8) is 0 Å². The first-order chi connectivity index (χ1) is 7.58. The Morgan fingerprint density at radius 1 is 1.31 bits per heavy atom. The van der Waals surface area contributed by atoms with Crippen LogP contribution in [0.25, 0.3) is 10.9 Å². The van der Waals surface area contributed by atoms with Gasteiger partial charge in [-0.2, -0.15) is 5.10 Å². The summed E-state index contributed by atoms with van der Waals surface area (Å²) in [5, 5.41) is 8.64. The summed E-state index contributed by atoms with van der Waals surface area (Å²) < 4.78 is 0. The highest BCUT2D eigenvalue weighted by atomic mass is 15.1. The monoisotopic (exact) mass is 217 g/mol. The van der Waals surface area contributed by atoms with Gasteiger partial charge in [-0.05, 0) is 37.0 Å². The predicted octanol–water partition coefficient (Wildman–Crippen LogP) is 2.78. The van der Waals surface area contributed by atoms with Gasteiger partial charge in [-0.25, -0.2) is 0 Å². The second-order valence-corrected chi connectivity index (χ2v) is 4.87. The third kappa shape index (κ3) is 2.09. The van der Waals surface area contributed by atoms with E-state index in [2.05, 4.69) is 30.1 Å². The first-order valence-electron chi connectivity index (χ1n) is 5.80. The Morgan fingerprint density at radius 2 is 2.06 bits per heavy atom. The van der Waals surface area contributed by atoms with Gasteiger partial charge >= 0.3 is 0 Å². The third-order valence-corrected chi connectivity index (χ3v) is 2.80. The van der Waals surface area contributed by atoms with E-state index in [9.17, 15) is 0 Å². The third-order valence-electron chi connectivity index (χ3n) is 2.80. The number of fused-ring (bicyclic) bond motifs is 1. The predicted molar refractivity (Wildman–Crippen MR) is 67.2 cm³/mol. The number of hydrogen-bond acceptors (Lipinski definition) is 2. The fourth-order valence-electron chi connectivity index (χ4n) is 1.93. The fourth-order valence-corrected chi connectivity index (χ4v) is 1.93. The summed E-state index contributed by atoms with van der Waals surface area (Å²) >= 11 is 0. The molecule has 2 aromatic rings. The van der Waals surface area contributed by atoms with Crippen molar-refractivity contribution in [3.05, 3.63) is 29.5 Å². The van der Waals surface area contributed by atoms with Gasteiger partial charge in [-0.1, -0.05) is 19.9 Å². The van der Waals surface area contributed by atoms with Crippen molar-refractivity contribution in [1.29, 1.82) is 0 Å². The summed E-state index contributed by atoms with van der Waals surface area (Å²) in [7, 11) is 0. The molecule has 0 aliphatic carbocycles. The lowest BCUT2D eigenvalue weighted by molar-refractivity contribution is 0.636. The van der Waals surface area contributed by atoms with Crippen molar-refractivity contribution < 1.29 is 0 Å². The van der Waals surface area contributed by atoms with Crippen LogP contribution < -0.4 is 5.73 Å². The summed E-state index contributed by atoms with van der Waals surface area (Å²) in [5.41, 5.74) is 9.30. The van der Waals surface area contributed by atoms with E-state index < -0.39 is 0 Å². The van der Waals surface area contributed by atoms with Gasteiger partial charge in [0.05, 0.1) is 5.52 Å². The molecule has 0 bridgehead atoms. The zero-order chi connectivity index (χ0) is 11.7. The Morgan fingerprint density at radius 3 is 2.69 bits per heavy atom. The molecule has 1 heterocycles. The van der Waals surface area contributed by atoms with Crippen molar-refractivity contribution in [2.45, 2.75) is 33.2 Å². The van der Waals surface area contributed by atoms with E-state index in [1.165, 1.54) is 16.6 Å². The van der Waals surface area contributed by atoms with Crippen LogP contribution in [0.4, 0.5) is 0 Å². The molecule has 0 aliphatic rings. The van der Waals surface area contributed by atoms with E-state index in [0.29, 0.717) is 5.92 Å². The van der Waals surface area contributed by atoms with Crippen LogP contribution in [0.1, 0.15) is 38.1 Å². The molecule has 0 fully saturated rings. The molecule has 16 heavy (non-hydrogen) atoms. The minimum Gasteiger partial charge on any atom is -0.324 e. The Hall–Kier alpha value is -1.35. The highest BCUT2D eigenvalue weighted by molar-refractivity contribution is 5.82. The number of H-pyrrole nitrogens is 1. The van der Waals surface area contributed by atoms with Gasteiger partial charge in [0.15, 0.2) is 0 Å². The molecule has 2 rings (SSSR count). The van der Waals surface area contributed by atoms with E-state index in [1.54, 1.807) is 0 Å². The van der Waals surface area contributed by atoms with E-state index in [0.717, 1.165) is 11.9 Å². The Bertz CT molecular complexity index is 483. The second kappa shape index (κ2) is 4.26. The summed E-state index contributed by atoms with van der Waals surface area (Å²) in [6, 6.07) is 6.31. The summed E-state index contributed by atoms with van der Waals surface area (Å²) in [5.74, 6) is 0.627. The number of hydrogen-bond donors (Lipinski definition) is 2. The smallest absolute Gasteiger partial charge is 0.0923 e. The first-order valence-corrected chi connectivity index (χ1v) is 5.80. The molecule has 0 amide bonds. The molecule has 1 atom stereocenters. The molecule has 1 unspecified atom stereocenters. The number of aromatic nitrogens is 2. The van der Waals surface area contributed by atoms with Crippen LogP contribution in [0.2, 0.25) is 0 Å². The highest BCUT2D eigenvalue weighted by Gasteiger charge is 2.09. The van der Waals surface area contributed by atoms with Crippen LogP contribution in [0, 0.1) is 5.92 Å². The molecular formula is C13H19N3. The molecule has 1 aromatic carbocycles. The molecule has 0 aliphatic heterocycles. The normalized spacial score (nSPS) is 13.6. The fraction of sp³-hybridized carbons (Fsp3) is 0.462. The summed E-state index contributed by atoms with van der Waals surface area (Å²) in [4.78, 5) is 0. The number of nitrogens with one attached hydrogen (secondary N) is 1. The van der Waals surface area contributed by atoms with Crippen LogP contribution in [0.5, 0.6) is 0 Å². The average molecular weight is 217 g/mol. The van der Waals surface area contributed by atoms with Crippen LogP contribution >= 0.6 is 0 Å². The van der Waals surface area contributed by atoms with Crippen molar-refractivity contribution in [2.24, 2.45) is 11.7 Å². The standard InChI is InChI=1S/C13H19N3/c1-8(2)6-13-11-7-10(9(3)14)4-5-12(11)15-16-13/h4-5,7-9H,6,14H2,1-3H3,(H,15,16). The summed E-state index contributed by atoms with van der Waals surface area (Å²) in [6.45, 7) is 6.42. The van der Waals surface area contributed by atoms with Crippen molar-refractivity contribution in [2.75, 3.05) is 0 Å². The van der Waals surface area contributed by atoms with Crippen LogP contribution in [-0.2, 0) is 6.42 Å². The lowest BCUT2D eigenvalue weighted by Crippen LogP contribution is -2.04. The van der Waals surface area contributed by atoms with Gasteiger partial charge in [-0.15, -0.1) is 0 Å². The van der Waals surface area contributed by atoms with Gasteiger partial charge < -0.3 is 5.73 Å². The number of aromatic amines is 1. The molecule has 3 nitrogen and oxygen atoms in total. The van der Waals surface area contributed by atoms with Gasteiger partial charge in [-0.3, -0.25) is 5.10 Å². The molecule has 86 valence electrons. The zero-order valence-electron chi connectivity index (χ0n) is 10.1. The Kier molecular flexibility index (Phi) is 2.97. The second-order valence-electron chi connectivity index (χ2n) is 4.87. The maximum Gasteiger partial charge on any atom is 0.0923 e. The first kappa shape index (κ1) is 11.1. The van der Waals surface area contributed by atoms with Gasteiger partial charge in [0.2, 0.25) is 0 Å². The van der Waals surface area contributed by atoms with E-state index in [4.69, 9.17) is 5.73 Å². The largest absolute Gasteiger partial charge is 0.324 e. The van der Waals surface area contributed by atoms with E-state index >= 15 is 0 Å². The molecule has 0 saturated carbocycles. The molecular weight excluding hydrogens is 198 g/mol. The number of nitrogens with two attached hydrogens (primary N) is 1. The van der Waals surface area contributed by atoms with Crippen LogP contribution in [-0.4, -0.2) is 10.2 Å². The highest BCUT2D eigenvalue weighted by Crippen LogP contribution is 2.22. The SMILES string of the molecule is CC(C)Cc1[nH]nc2ccc(C(C)N)cc12. The minimum atomic E-state index is 0.0752. The lowest BCUT2D eigenvalue weighted by Gasteiger charge is -2.06. The topological polar surface area (TPSA) is 54.7 Å². The maximum atomic E-state index is 5.89. The molecule has 3 heteroatoms. The van der Waals surface area contributed by atoms with E-state index in [-0.39, 0.29) is 6.04 Å². The average Bonchev–Trinajstić information content (AvgIpc) is 2.60. The van der Waals surface area contributed by atoms with Gasteiger partial charge in [0.25, 0.3) is 0 Å². The number of benzene rings is 1. The van der Waals surface area contributed by atoms with Crippen LogP contribution in [0.15, 0.2) is 18.2 Å². The zero-order valence-corrected chi connectivity index (χ0v) is 10.1. The Labute approximate surface area is 96.0 Å². The quantitative estimate of drug-likeness (QED) is 0.830. The number of nitrogens with zero attached hydrogens (tertiary/aromatic N) is 1. The maximum absolute atomic E-state index is 5.89. The van der Waals surface area contributed by atoms with Gasteiger partial charge in [0.1, 0.15) is 0 Å². The molecule has 3 N–H and O–H groups in total. The van der Waals surface area contributed by atoms with Crippen molar-refractivity contribution in [1.82, 2.24) is 10.2 Å².